The van der Waals surface area contributed by atoms with Gasteiger partial charge in [-0.25, -0.2) is 0 Å². The fraction of sp³-hybridized carbons (Fsp3) is 0.500. The van der Waals surface area contributed by atoms with Crippen LogP contribution in [0.2, 0.25) is 0 Å². The number of nitrogens with zero attached hydrogens (tertiary/aromatic N) is 1. The molecule has 0 saturated heterocycles. The summed E-state index contributed by atoms with van der Waals surface area (Å²) in [6.07, 6.45) is -4.35. The maximum Gasteiger partial charge on any atom is 0.416 e. The van der Waals surface area contributed by atoms with Crippen molar-refractivity contribution < 1.29 is 23.1 Å². The van der Waals surface area contributed by atoms with Crippen LogP contribution >= 0.6 is 0 Å². The van der Waals surface area contributed by atoms with Crippen molar-refractivity contribution >= 4 is 5.91 Å². The molecule has 0 aliphatic rings. The van der Waals surface area contributed by atoms with Crippen molar-refractivity contribution in [3.05, 3.63) is 35.4 Å². The smallest absolute Gasteiger partial charge is 0.395 e. The van der Waals surface area contributed by atoms with E-state index in [1.807, 2.05) is 13.8 Å². The van der Waals surface area contributed by atoms with E-state index in [2.05, 4.69) is 0 Å². The zero-order chi connectivity index (χ0) is 15.3. The number of alkyl halides is 3. The summed E-state index contributed by atoms with van der Waals surface area (Å²) in [6.45, 7) is 3.72. The quantitative estimate of drug-likeness (QED) is 0.904. The SMILES string of the molecule is CC(C)N(CCO)C(=O)Cc1ccc(C(F)(F)F)cc1. The monoisotopic (exact) mass is 289 g/mol. The highest BCUT2D eigenvalue weighted by atomic mass is 19.4. The Labute approximate surface area is 116 Å². The van der Waals surface area contributed by atoms with Gasteiger partial charge in [0.25, 0.3) is 0 Å². The number of benzene rings is 1. The Morgan fingerprint density at radius 2 is 1.80 bits per heavy atom. The molecule has 3 nitrogen and oxygen atoms in total. The van der Waals surface area contributed by atoms with Gasteiger partial charge in [0.05, 0.1) is 18.6 Å². The number of rotatable bonds is 5. The van der Waals surface area contributed by atoms with Gasteiger partial charge in [0.15, 0.2) is 0 Å². The van der Waals surface area contributed by atoms with Gasteiger partial charge in [0, 0.05) is 12.6 Å². The number of aliphatic hydroxyl groups excluding tert-OH is 1. The number of carbonyl (C=O) groups is 1. The number of amides is 1. The molecule has 0 atom stereocenters. The molecule has 112 valence electrons. The lowest BCUT2D eigenvalue weighted by molar-refractivity contribution is -0.137. The molecule has 20 heavy (non-hydrogen) atoms. The first-order chi connectivity index (χ1) is 9.25. The van der Waals surface area contributed by atoms with Crippen molar-refractivity contribution in [1.29, 1.82) is 0 Å². The highest BCUT2D eigenvalue weighted by molar-refractivity contribution is 5.79. The van der Waals surface area contributed by atoms with Crippen LogP contribution in [0.3, 0.4) is 0 Å². The Bertz CT molecular complexity index is 441. The number of hydrogen-bond acceptors (Lipinski definition) is 2. The summed E-state index contributed by atoms with van der Waals surface area (Å²) >= 11 is 0. The number of carbonyl (C=O) groups excluding carboxylic acids is 1. The molecule has 0 spiro atoms. The van der Waals surface area contributed by atoms with E-state index >= 15 is 0 Å². The topological polar surface area (TPSA) is 40.5 Å². The average Bonchev–Trinajstić information content (AvgIpc) is 2.34. The summed E-state index contributed by atoms with van der Waals surface area (Å²) in [5.41, 5.74) is -0.212. The minimum Gasteiger partial charge on any atom is -0.395 e. The highest BCUT2D eigenvalue weighted by Gasteiger charge is 2.30. The van der Waals surface area contributed by atoms with Gasteiger partial charge in [0.2, 0.25) is 5.91 Å². The lowest BCUT2D eigenvalue weighted by Crippen LogP contribution is -2.39. The Morgan fingerprint density at radius 1 is 1.25 bits per heavy atom. The van der Waals surface area contributed by atoms with Crippen LogP contribution in [0, 0.1) is 0 Å². The lowest BCUT2D eigenvalue weighted by atomic mass is 10.1. The van der Waals surface area contributed by atoms with Gasteiger partial charge >= 0.3 is 6.18 Å². The van der Waals surface area contributed by atoms with Crippen LogP contribution in [0.4, 0.5) is 13.2 Å². The minimum absolute atomic E-state index is 0.0241. The summed E-state index contributed by atoms with van der Waals surface area (Å²) in [5.74, 6) is -0.214. The second-order valence-corrected chi connectivity index (χ2v) is 4.78. The molecule has 6 heteroatoms. The Morgan fingerprint density at radius 3 is 2.20 bits per heavy atom. The van der Waals surface area contributed by atoms with Crippen molar-refractivity contribution in [3.63, 3.8) is 0 Å². The Balaban J connectivity index is 2.75. The molecule has 0 saturated carbocycles. The molecule has 1 rings (SSSR count). The van der Waals surface area contributed by atoms with Crippen LogP contribution in [-0.4, -0.2) is 35.1 Å². The van der Waals surface area contributed by atoms with Crippen LogP contribution in [0.15, 0.2) is 24.3 Å². The molecule has 0 bridgehead atoms. The van der Waals surface area contributed by atoms with Crippen LogP contribution in [0.1, 0.15) is 25.0 Å². The van der Waals surface area contributed by atoms with E-state index in [4.69, 9.17) is 5.11 Å². The number of hydrogen-bond donors (Lipinski definition) is 1. The predicted octanol–water partition coefficient (Wildman–Crippen LogP) is 2.48. The molecular formula is C14H18F3NO2. The Hall–Kier alpha value is -1.56. The lowest BCUT2D eigenvalue weighted by Gasteiger charge is -2.26. The van der Waals surface area contributed by atoms with E-state index in [0.717, 1.165) is 12.1 Å². The van der Waals surface area contributed by atoms with Crippen molar-refractivity contribution in [2.45, 2.75) is 32.5 Å². The molecule has 1 aromatic carbocycles. The maximum atomic E-state index is 12.4. The zero-order valence-electron chi connectivity index (χ0n) is 11.4. The normalized spacial score (nSPS) is 11.8. The average molecular weight is 289 g/mol. The molecule has 0 unspecified atom stereocenters. The third kappa shape index (κ3) is 4.52. The molecule has 1 aromatic rings. The predicted molar refractivity (Wildman–Crippen MR) is 69.1 cm³/mol. The van der Waals surface area contributed by atoms with E-state index in [1.54, 1.807) is 0 Å². The molecule has 0 fully saturated rings. The van der Waals surface area contributed by atoms with Crippen molar-refractivity contribution in [1.82, 2.24) is 4.90 Å². The van der Waals surface area contributed by atoms with E-state index in [0.29, 0.717) is 5.56 Å². The summed E-state index contributed by atoms with van der Waals surface area (Å²) in [5, 5.41) is 8.91. The number of halogens is 3. The molecule has 1 amide bonds. The van der Waals surface area contributed by atoms with Crippen molar-refractivity contribution in [2.24, 2.45) is 0 Å². The first kappa shape index (κ1) is 16.5. The fourth-order valence-corrected chi connectivity index (χ4v) is 1.87. The molecule has 0 aliphatic heterocycles. The van der Waals surface area contributed by atoms with Gasteiger partial charge in [-0.3, -0.25) is 4.79 Å². The van der Waals surface area contributed by atoms with Gasteiger partial charge in [0.1, 0.15) is 0 Å². The van der Waals surface area contributed by atoms with E-state index in [1.165, 1.54) is 17.0 Å². The molecule has 0 aromatic heterocycles. The third-order valence-corrected chi connectivity index (χ3v) is 2.92. The summed E-state index contributed by atoms with van der Waals surface area (Å²) in [4.78, 5) is 13.5. The molecule has 0 radical (unpaired) electrons. The van der Waals surface area contributed by atoms with Crippen molar-refractivity contribution in [2.75, 3.05) is 13.2 Å². The maximum absolute atomic E-state index is 12.4. The summed E-state index contributed by atoms with van der Waals surface area (Å²) in [6, 6.07) is 4.48. The standard InChI is InChI=1S/C14H18F3NO2/c1-10(2)18(7-8-19)13(20)9-11-3-5-12(6-4-11)14(15,16)17/h3-6,10,19H,7-9H2,1-2H3. The third-order valence-electron chi connectivity index (χ3n) is 2.92. The van der Waals surface area contributed by atoms with Gasteiger partial charge in [-0.05, 0) is 31.5 Å². The van der Waals surface area contributed by atoms with Crippen LogP contribution in [0.5, 0.6) is 0 Å². The van der Waals surface area contributed by atoms with Crippen LogP contribution < -0.4 is 0 Å². The summed E-state index contributed by atoms with van der Waals surface area (Å²) in [7, 11) is 0. The second-order valence-electron chi connectivity index (χ2n) is 4.78. The highest BCUT2D eigenvalue weighted by Crippen LogP contribution is 2.29. The minimum atomic E-state index is -4.37. The van der Waals surface area contributed by atoms with Gasteiger partial charge in [-0.1, -0.05) is 12.1 Å². The zero-order valence-corrected chi connectivity index (χ0v) is 11.4. The summed E-state index contributed by atoms with van der Waals surface area (Å²) < 4.78 is 37.2. The first-order valence-corrected chi connectivity index (χ1v) is 6.32. The van der Waals surface area contributed by atoms with Gasteiger partial charge < -0.3 is 10.0 Å². The molecule has 1 N–H and O–H groups in total. The van der Waals surface area contributed by atoms with E-state index < -0.39 is 11.7 Å². The van der Waals surface area contributed by atoms with Gasteiger partial charge in [-0.15, -0.1) is 0 Å². The second kappa shape index (κ2) is 6.74. The van der Waals surface area contributed by atoms with Crippen LogP contribution in [0.25, 0.3) is 0 Å². The fourth-order valence-electron chi connectivity index (χ4n) is 1.87. The van der Waals surface area contributed by atoms with E-state index in [-0.39, 0.29) is 31.5 Å². The molecular weight excluding hydrogens is 271 g/mol. The van der Waals surface area contributed by atoms with Crippen LogP contribution in [-0.2, 0) is 17.4 Å². The van der Waals surface area contributed by atoms with Crippen molar-refractivity contribution in [3.8, 4) is 0 Å². The molecule has 0 aliphatic carbocycles. The van der Waals surface area contributed by atoms with Gasteiger partial charge in [-0.2, -0.15) is 13.2 Å². The van der Waals surface area contributed by atoms with E-state index in [9.17, 15) is 18.0 Å². The molecule has 0 heterocycles. The largest absolute Gasteiger partial charge is 0.416 e. The first-order valence-electron chi connectivity index (χ1n) is 6.32. The Kier molecular flexibility index (Phi) is 5.56. The number of aliphatic hydroxyl groups is 1.